The third-order valence-electron chi connectivity index (χ3n) is 2.46. The average Bonchev–Trinajstić information content (AvgIpc) is 2.81. The van der Waals surface area contributed by atoms with Crippen molar-refractivity contribution in [2.75, 3.05) is 12.8 Å². The van der Waals surface area contributed by atoms with Crippen LogP contribution in [0.5, 0.6) is 0 Å². The van der Waals surface area contributed by atoms with Crippen molar-refractivity contribution >= 4 is 5.82 Å². The quantitative estimate of drug-likeness (QED) is 0.685. The highest BCUT2D eigenvalue weighted by molar-refractivity contribution is 5.39. The Hall–Kier alpha value is -1.95. The molecular formula is C10H14N6. The van der Waals surface area contributed by atoms with Crippen LogP contribution >= 0.6 is 0 Å². The van der Waals surface area contributed by atoms with E-state index >= 15 is 0 Å². The fourth-order valence-electron chi connectivity index (χ4n) is 1.56. The van der Waals surface area contributed by atoms with Crippen LogP contribution in [-0.2, 0) is 6.42 Å². The van der Waals surface area contributed by atoms with Crippen LogP contribution < -0.4 is 11.1 Å². The molecule has 16 heavy (non-hydrogen) atoms. The summed E-state index contributed by atoms with van der Waals surface area (Å²) in [5, 5.41) is 9.84. The molecule has 6 heteroatoms. The molecule has 1 atom stereocenters. The zero-order chi connectivity index (χ0) is 11.4. The maximum Gasteiger partial charge on any atom is 0.141 e. The molecule has 84 valence electrons. The third-order valence-corrected chi connectivity index (χ3v) is 2.46. The summed E-state index contributed by atoms with van der Waals surface area (Å²) in [7, 11) is 1.87. The van der Waals surface area contributed by atoms with E-state index in [4.69, 9.17) is 5.73 Å². The number of pyridine rings is 1. The zero-order valence-electron chi connectivity index (χ0n) is 9.01. The lowest BCUT2D eigenvalue weighted by Crippen LogP contribution is -2.20. The van der Waals surface area contributed by atoms with Crippen molar-refractivity contribution in [3.05, 3.63) is 36.0 Å². The number of likely N-dealkylation sites (N-methyl/N-ethyl adjacent to an activating group) is 1. The molecule has 0 aliphatic rings. The molecular weight excluding hydrogens is 204 g/mol. The molecule has 2 aromatic rings. The van der Waals surface area contributed by atoms with Crippen LogP contribution in [0.25, 0.3) is 0 Å². The average molecular weight is 218 g/mol. The Morgan fingerprint density at radius 1 is 1.50 bits per heavy atom. The molecule has 2 aromatic heterocycles. The number of hydrogen-bond acceptors (Lipinski definition) is 5. The van der Waals surface area contributed by atoms with Crippen LogP contribution in [-0.4, -0.2) is 27.2 Å². The van der Waals surface area contributed by atoms with Crippen molar-refractivity contribution in [3.8, 4) is 0 Å². The minimum Gasteiger partial charge on any atom is -0.383 e. The molecule has 0 fully saturated rings. The normalized spacial score (nSPS) is 12.6. The molecule has 0 bridgehead atoms. The first-order chi connectivity index (χ1) is 7.81. The second-order valence-electron chi connectivity index (χ2n) is 3.46. The number of anilines is 1. The fourth-order valence-corrected chi connectivity index (χ4v) is 1.56. The molecule has 0 saturated heterocycles. The van der Waals surface area contributed by atoms with Gasteiger partial charge in [-0.05, 0) is 25.1 Å². The largest absolute Gasteiger partial charge is 0.383 e. The van der Waals surface area contributed by atoms with E-state index in [0.717, 1.165) is 17.8 Å². The Morgan fingerprint density at radius 3 is 3.00 bits per heavy atom. The lowest BCUT2D eigenvalue weighted by atomic mass is 10.1. The van der Waals surface area contributed by atoms with Gasteiger partial charge in [0.25, 0.3) is 0 Å². The van der Waals surface area contributed by atoms with E-state index < -0.39 is 0 Å². The first kappa shape index (κ1) is 10.6. The first-order valence-corrected chi connectivity index (χ1v) is 5.03. The molecule has 0 spiro atoms. The van der Waals surface area contributed by atoms with Gasteiger partial charge in [-0.15, -0.1) is 0 Å². The number of nitrogens with zero attached hydrogens (tertiary/aromatic N) is 3. The molecule has 2 heterocycles. The standard InChI is InChI=1S/C10H14N6/c1-12-8(10-14-6-15-16-10)5-7-3-2-4-13-9(7)11/h2-4,6,8,12H,5H2,1H3,(H2,11,13)(H,14,15,16). The van der Waals surface area contributed by atoms with Crippen molar-refractivity contribution in [3.63, 3.8) is 0 Å². The van der Waals surface area contributed by atoms with Crippen molar-refractivity contribution in [2.24, 2.45) is 0 Å². The molecule has 0 saturated carbocycles. The summed E-state index contributed by atoms with van der Waals surface area (Å²) in [6.45, 7) is 0. The van der Waals surface area contributed by atoms with E-state index in [-0.39, 0.29) is 6.04 Å². The van der Waals surface area contributed by atoms with Gasteiger partial charge in [0.1, 0.15) is 18.0 Å². The number of nitrogen functional groups attached to an aromatic ring is 1. The number of H-pyrrole nitrogens is 1. The summed E-state index contributed by atoms with van der Waals surface area (Å²) >= 11 is 0. The van der Waals surface area contributed by atoms with Crippen LogP contribution in [0.2, 0.25) is 0 Å². The lowest BCUT2D eigenvalue weighted by molar-refractivity contribution is 0.560. The van der Waals surface area contributed by atoms with Crippen molar-refractivity contribution < 1.29 is 0 Å². The second-order valence-corrected chi connectivity index (χ2v) is 3.46. The highest BCUT2D eigenvalue weighted by atomic mass is 15.2. The van der Waals surface area contributed by atoms with Gasteiger partial charge < -0.3 is 11.1 Å². The van der Waals surface area contributed by atoms with Gasteiger partial charge in [0.2, 0.25) is 0 Å². The predicted molar refractivity (Wildman–Crippen MR) is 60.5 cm³/mol. The van der Waals surface area contributed by atoms with Crippen LogP contribution in [0.1, 0.15) is 17.4 Å². The maximum atomic E-state index is 5.79. The molecule has 0 aliphatic carbocycles. The van der Waals surface area contributed by atoms with E-state index in [0.29, 0.717) is 5.82 Å². The minimum atomic E-state index is 0.0639. The Morgan fingerprint density at radius 2 is 2.38 bits per heavy atom. The molecule has 0 radical (unpaired) electrons. The number of aromatic nitrogens is 4. The molecule has 0 aliphatic heterocycles. The Kier molecular flexibility index (Phi) is 3.11. The summed E-state index contributed by atoms with van der Waals surface area (Å²) in [5.74, 6) is 1.35. The first-order valence-electron chi connectivity index (χ1n) is 5.03. The summed E-state index contributed by atoms with van der Waals surface area (Å²) in [6, 6.07) is 3.90. The second kappa shape index (κ2) is 4.71. The van der Waals surface area contributed by atoms with E-state index in [1.54, 1.807) is 6.20 Å². The molecule has 4 N–H and O–H groups in total. The van der Waals surface area contributed by atoms with Crippen molar-refractivity contribution in [1.29, 1.82) is 0 Å². The number of rotatable bonds is 4. The maximum absolute atomic E-state index is 5.79. The topological polar surface area (TPSA) is 92.5 Å². The van der Waals surface area contributed by atoms with E-state index in [1.807, 2.05) is 19.2 Å². The van der Waals surface area contributed by atoms with Gasteiger partial charge in [-0.2, -0.15) is 5.10 Å². The Balaban J connectivity index is 2.17. The van der Waals surface area contributed by atoms with Crippen molar-refractivity contribution in [2.45, 2.75) is 12.5 Å². The van der Waals surface area contributed by atoms with Gasteiger partial charge in [-0.3, -0.25) is 5.10 Å². The summed E-state index contributed by atoms with van der Waals surface area (Å²) in [4.78, 5) is 8.17. The molecule has 0 aromatic carbocycles. The van der Waals surface area contributed by atoms with Gasteiger partial charge in [0, 0.05) is 6.20 Å². The highest BCUT2D eigenvalue weighted by Gasteiger charge is 2.14. The van der Waals surface area contributed by atoms with Gasteiger partial charge in [0.05, 0.1) is 6.04 Å². The van der Waals surface area contributed by atoms with Crippen molar-refractivity contribution in [1.82, 2.24) is 25.5 Å². The van der Waals surface area contributed by atoms with Gasteiger partial charge >= 0.3 is 0 Å². The van der Waals surface area contributed by atoms with Crippen LogP contribution in [0.4, 0.5) is 5.82 Å². The summed E-state index contributed by atoms with van der Waals surface area (Å²) in [6.07, 6.45) is 3.90. The van der Waals surface area contributed by atoms with Crippen LogP contribution in [0, 0.1) is 0 Å². The summed E-state index contributed by atoms with van der Waals surface area (Å²) < 4.78 is 0. The van der Waals surface area contributed by atoms with Gasteiger partial charge in [-0.1, -0.05) is 6.07 Å². The minimum absolute atomic E-state index is 0.0639. The highest BCUT2D eigenvalue weighted by Crippen LogP contribution is 2.17. The monoisotopic (exact) mass is 218 g/mol. The predicted octanol–water partition coefficient (Wildman–Crippen LogP) is 0.285. The van der Waals surface area contributed by atoms with Gasteiger partial charge in [-0.25, -0.2) is 9.97 Å². The fraction of sp³-hybridized carbons (Fsp3) is 0.300. The number of hydrogen-bond donors (Lipinski definition) is 3. The molecule has 1 unspecified atom stereocenters. The zero-order valence-corrected chi connectivity index (χ0v) is 9.01. The SMILES string of the molecule is CNC(Cc1cccnc1N)c1ncn[nH]1. The van der Waals surface area contributed by atoms with E-state index in [2.05, 4.69) is 25.5 Å². The van der Waals surface area contributed by atoms with Crippen LogP contribution in [0.3, 0.4) is 0 Å². The number of nitrogens with two attached hydrogens (primary N) is 1. The number of nitrogens with one attached hydrogen (secondary N) is 2. The summed E-state index contributed by atoms with van der Waals surface area (Å²) in [5.41, 5.74) is 6.79. The Bertz CT molecular complexity index is 438. The Labute approximate surface area is 93.3 Å². The third kappa shape index (κ3) is 2.17. The van der Waals surface area contributed by atoms with Crippen LogP contribution in [0.15, 0.2) is 24.7 Å². The number of aromatic amines is 1. The lowest BCUT2D eigenvalue weighted by Gasteiger charge is -2.13. The molecule has 2 rings (SSSR count). The van der Waals surface area contributed by atoms with Gasteiger partial charge in [0.15, 0.2) is 0 Å². The molecule has 0 amide bonds. The smallest absolute Gasteiger partial charge is 0.141 e. The molecule has 6 nitrogen and oxygen atoms in total. The van der Waals surface area contributed by atoms with E-state index in [1.165, 1.54) is 6.33 Å². The van der Waals surface area contributed by atoms with E-state index in [9.17, 15) is 0 Å².